The van der Waals surface area contributed by atoms with Gasteiger partial charge < -0.3 is 9.47 Å². The molecule has 2 aliphatic rings. The lowest BCUT2D eigenvalue weighted by atomic mass is 9.79. The van der Waals surface area contributed by atoms with E-state index >= 15 is 0 Å². The van der Waals surface area contributed by atoms with E-state index in [1.807, 2.05) is 0 Å². The number of carbonyl (C=O) groups is 2. The van der Waals surface area contributed by atoms with E-state index in [1.54, 1.807) is 0 Å². The molecule has 1 aromatic heterocycles. The fraction of sp³-hybridized carbons (Fsp3) is 0.625. The first-order valence-corrected chi connectivity index (χ1v) is 7.67. The minimum Gasteiger partial charge on any atom is -0.469 e. The Bertz CT molecular complexity index is 561. The largest absolute Gasteiger partial charge is 0.469 e. The van der Waals surface area contributed by atoms with Crippen molar-refractivity contribution in [3.8, 4) is 0 Å². The van der Waals surface area contributed by atoms with Crippen LogP contribution in [-0.4, -0.2) is 36.1 Å². The van der Waals surface area contributed by atoms with Crippen LogP contribution in [-0.2, 0) is 44.7 Å². The Morgan fingerprint density at radius 3 is 1.59 bits per heavy atom. The molecule has 1 aromatic rings. The number of nitrogens with zero attached hydrogens (tertiary/aromatic N) is 2. The third kappa shape index (κ3) is 2.58. The molecule has 0 spiro atoms. The maximum Gasteiger partial charge on any atom is 0.309 e. The maximum atomic E-state index is 12.0. The Morgan fingerprint density at radius 1 is 0.818 bits per heavy atom. The summed E-state index contributed by atoms with van der Waals surface area (Å²) >= 11 is 0. The highest BCUT2D eigenvalue weighted by Crippen LogP contribution is 2.32. The van der Waals surface area contributed by atoms with E-state index < -0.39 is 11.8 Å². The molecule has 118 valence electrons. The van der Waals surface area contributed by atoms with Gasteiger partial charge >= 0.3 is 11.9 Å². The van der Waals surface area contributed by atoms with Gasteiger partial charge in [-0.25, -0.2) is 0 Å². The molecule has 0 aliphatic heterocycles. The van der Waals surface area contributed by atoms with Gasteiger partial charge in [0.1, 0.15) is 0 Å². The molecule has 22 heavy (non-hydrogen) atoms. The van der Waals surface area contributed by atoms with Gasteiger partial charge in [-0.1, -0.05) is 0 Å². The number of methoxy groups -OCH3 is 2. The van der Waals surface area contributed by atoms with E-state index in [-0.39, 0.29) is 11.9 Å². The standard InChI is InChI=1S/C16H20N2O4/c1-21-15(19)9-7-13-14(8-10(9)16(20)22-2)18-12-6-4-3-5-11(12)17-13/h9-10H,3-8H2,1-2H3/t9-,10-/m1/s1. The Balaban J connectivity index is 1.97. The highest BCUT2D eigenvalue weighted by molar-refractivity contribution is 5.83. The number of aromatic nitrogens is 2. The van der Waals surface area contributed by atoms with E-state index in [2.05, 4.69) is 0 Å². The number of fused-ring (bicyclic) bond motifs is 2. The predicted molar refractivity (Wildman–Crippen MR) is 77.1 cm³/mol. The van der Waals surface area contributed by atoms with Gasteiger partial charge in [-0.15, -0.1) is 0 Å². The molecule has 0 aromatic carbocycles. The first kappa shape index (κ1) is 14.9. The van der Waals surface area contributed by atoms with Crippen molar-refractivity contribution in [3.05, 3.63) is 22.8 Å². The smallest absolute Gasteiger partial charge is 0.309 e. The summed E-state index contributed by atoms with van der Waals surface area (Å²) in [5.74, 6) is -1.86. The van der Waals surface area contributed by atoms with E-state index in [0.717, 1.165) is 48.5 Å². The van der Waals surface area contributed by atoms with Crippen LogP contribution in [0.5, 0.6) is 0 Å². The summed E-state index contributed by atoms with van der Waals surface area (Å²) in [6, 6.07) is 0. The summed E-state index contributed by atoms with van der Waals surface area (Å²) in [5, 5.41) is 0. The van der Waals surface area contributed by atoms with Crippen molar-refractivity contribution >= 4 is 11.9 Å². The molecule has 0 saturated heterocycles. The molecule has 0 saturated carbocycles. The van der Waals surface area contributed by atoms with E-state index in [0.29, 0.717) is 12.8 Å². The molecule has 3 rings (SSSR count). The van der Waals surface area contributed by atoms with E-state index in [9.17, 15) is 9.59 Å². The topological polar surface area (TPSA) is 78.4 Å². The summed E-state index contributed by atoms with van der Waals surface area (Å²) in [5.41, 5.74) is 3.75. The quantitative estimate of drug-likeness (QED) is 0.759. The van der Waals surface area contributed by atoms with Gasteiger partial charge in [0.2, 0.25) is 0 Å². The monoisotopic (exact) mass is 304 g/mol. The molecular weight excluding hydrogens is 284 g/mol. The van der Waals surface area contributed by atoms with Crippen LogP contribution < -0.4 is 0 Å². The third-order valence-electron chi connectivity index (χ3n) is 4.60. The van der Waals surface area contributed by atoms with Crippen LogP contribution >= 0.6 is 0 Å². The van der Waals surface area contributed by atoms with Crippen LogP contribution in [0.3, 0.4) is 0 Å². The first-order chi connectivity index (χ1) is 10.6. The maximum absolute atomic E-state index is 12.0. The fourth-order valence-corrected chi connectivity index (χ4v) is 3.40. The van der Waals surface area contributed by atoms with Gasteiger partial charge in [-0.3, -0.25) is 19.6 Å². The lowest BCUT2D eigenvalue weighted by molar-refractivity contribution is -0.158. The van der Waals surface area contributed by atoms with E-state index in [1.165, 1.54) is 14.2 Å². The van der Waals surface area contributed by atoms with Gasteiger partial charge in [-0.05, 0) is 25.7 Å². The van der Waals surface area contributed by atoms with Crippen molar-refractivity contribution in [3.63, 3.8) is 0 Å². The second-order valence-electron chi connectivity index (χ2n) is 5.89. The summed E-state index contributed by atoms with van der Waals surface area (Å²) in [6.07, 6.45) is 4.93. The zero-order valence-electron chi connectivity index (χ0n) is 12.9. The van der Waals surface area contributed by atoms with Crippen LogP contribution in [0.15, 0.2) is 0 Å². The summed E-state index contributed by atoms with van der Waals surface area (Å²) in [6.45, 7) is 0. The molecule has 2 atom stereocenters. The van der Waals surface area contributed by atoms with Gasteiger partial charge in [0.15, 0.2) is 0 Å². The van der Waals surface area contributed by atoms with Gasteiger partial charge in [0, 0.05) is 12.8 Å². The first-order valence-electron chi connectivity index (χ1n) is 7.67. The molecule has 0 amide bonds. The van der Waals surface area contributed by atoms with Crippen molar-refractivity contribution < 1.29 is 19.1 Å². The molecule has 0 radical (unpaired) electrons. The van der Waals surface area contributed by atoms with Gasteiger partial charge in [-0.2, -0.15) is 0 Å². The molecule has 2 aliphatic carbocycles. The normalized spacial score (nSPS) is 23.2. The molecule has 6 heteroatoms. The molecule has 0 unspecified atom stereocenters. The van der Waals surface area contributed by atoms with Crippen molar-refractivity contribution in [1.82, 2.24) is 9.97 Å². The number of hydrogen-bond donors (Lipinski definition) is 0. The zero-order chi connectivity index (χ0) is 15.7. The Kier molecular flexibility index (Phi) is 4.09. The van der Waals surface area contributed by atoms with Crippen LogP contribution in [0.1, 0.15) is 35.6 Å². The Hall–Kier alpha value is -1.98. The zero-order valence-corrected chi connectivity index (χ0v) is 12.9. The lowest BCUT2D eigenvalue weighted by Gasteiger charge is -2.29. The second-order valence-corrected chi connectivity index (χ2v) is 5.89. The van der Waals surface area contributed by atoms with Crippen LogP contribution in [0.2, 0.25) is 0 Å². The fourth-order valence-electron chi connectivity index (χ4n) is 3.40. The van der Waals surface area contributed by atoms with Crippen molar-refractivity contribution in [1.29, 1.82) is 0 Å². The number of esters is 2. The number of rotatable bonds is 2. The summed E-state index contributed by atoms with van der Waals surface area (Å²) < 4.78 is 9.69. The average Bonchev–Trinajstić information content (AvgIpc) is 2.57. The highest BCUT2D eigenvalue weighted by Gasteiger charge is 2.41. The second kappa shape index (κ2) is 6.02. The highest BCUT2D eigenvalue weighted by atomic mass is 16.5. The van der Waals surface area contributed by atoms with Crippen molar-refractivity contribution in [2.75, 3.05) is 14.2 Å². The Morgan fingerprint density at radius 2 is 1.23 bits per heavy atom. The number of carbonyl (C=O) groups excluding carboxylic acids is 2. The molecule has 6 nitrogen and oxygen atoms in total. The summed E-state index contributed by atoms with van der Waals surface area (Å²) in [7, 11) is 2.68. The van der Waals surface area contributed by atoms with Crippen LogP contribution in [0.4, 0.5) is 0 Å². The number of aryl methyl sites for hydroxylation is 2. The van der Waals surface area contributed by atoms with Crippen molar-refractivity contribution in [2.24, 2.45) is 11.8 Å². The third-order valence-corrected chi connectivity index (χ3v) is 4.60. The van der Waals surface area contributed by atoms with Crippen LogP contribution in [0.25, 0.3) is 0 Å². The molecule has 0 fully saturated rings. The summed E-state index contributed by atoms with van der Waals surface area (Å²) in [4.78, 5) is 33.5. The van der Waals surface area contributed by atoms with E-state index in [4.69, 9.17) is 19.4 Å². The van der Waals surface area contributed by atoms with Gasteiger partial charge in [0.25, 0.3) is 0 Å². The molecule has 0 bridgehead atoms. The van der Waals surface area contributed by atoms with Crippen molar-refractivity contribution in [2.45, 2.75) is 38.5 Å². The molecule has 1 heterocycles. The van der Waals surface area contributed by atoms with Crippen LogP contribution in [0, 0.1) is 11.8 Å². The minimum atomic E-state index is -0.541. The molecule has 0 N–H and O–H groups in total. The number of ether oxygens (including phenoxy) is 2. The predicted octanol–water partition coefficient (Wildman–Crippen LogP) is 1.03. The average molecular weight is 304 g/mol. The number of hydrogen-bond acceptors (Lipinski definition) is 6. The SMILES string of the molecule is COC(=O)[C@@H]1Cc2nc3c(nc2C[C@H]1C(=O)OC)CCCC3. The Labute approximate surface area is 129 Å². The van der Waals surface area contributed by atoms with Gasteiger partial charge in [0.05, 0.1) is 48.8 Å². The minimum absolute atomic E-state index is 0.388. The molecular formula is C16H20N2O4. The lowest BCUT2D eigenvalue weighted by Crippen LogP contribution is -2.39.